The van der Waals surface area contributed by atoms with E-state index in [0.717, 1.165) is 5.56 Å². The van der Waals surface area contributed by atoms with Crippen LogP contribution in [0.1, 0.15) is 31.2 Å². The fraction of sp³-hybridized carbons (Fsp3) is 0.444. The van der Waals surface area contributed by atoms with Crippen molar-refractivity contribution in [3.63, 3.8) is 0 Å². The van der Waals surface area contributed by atoms with Crippen LogP contribution in [0.4, 0.5) is 0 Å². The van der Waals surface area contributed by atoms with Gasteiger partial charge in [0.25, 0.3) is 0 Å². The summed E-state index contributed by atoms with van der Waals surface area (Å²) in [6.07, 6.45) is 6.57. The minimum absolute atomic E-state index is 0.0225. The van der Waals surface area contributed by atoms with Crippen LogP contribution in [0.5, 0.6) is 0 Å². The lowest BCUT2D eigenvalue weighted by Gasteiger charge is -2.28. The van der Waals surface area contributed by atoms with Gasteiger partial charge in [-0.15, -0.1) is 0 Å². The number of benzene rings is 1. The average molecular weight is 301 g/mol. The Morgan fingerprint density at radius 3 is 2.32 bits per heavy atom. The highest BCUT2D eigenvalue weighted by molar-refractivity contribution is 5.79. The lowest BCUT2D eigenvalue weighted by atomic mass is 9.81. The van der Waals surface area contributed by atoms with Crippen molar-refractivity contribution < 1.29 is 14.7 Å². The Morgan fingerprint density at radius 1 is 1.14 bits per heavy atom. The van der Waals surface area contributed by atoms with Crippen LogP contribution in [-0.4, -0.2) is 35.5 Å². The molecule has 0 radical (unpaired) electrons. The van der Waals surface area contributed by atoms with Gasteiger partial charge in [0.1, 0.15) is 0 Å². The number of nitrogens with zero attached hydrogens (tertiary/aromatic N) is 1. The highest BCUT2D eigenvalue weighted by atomic mass is 16.4. The molecule has 118 valence electrons. The Hall–Kier alpha value is -2.10. The van der Waals surface area contributed by atoms with E-state index < -0.39 is 5.97 Å². The SMILES string of the molecule is CN(C/C=C/c1ccccc1)C(=O)C1CCC(C(=O)O)CC1. The van der Waals surface area contributed by atoms with Gasteiger partial charge in [-0.25, -0.2) is 0 Å². The topological polar surface area (TPSA) is 57.6 Å². The average Bonchev–Trinajstić information content (AvgIpc) is 2.55. The third-order valence-electron chi connectivity index (χ3n) is 4.29. The number of hydrogen-bond acceptors (Lipinski definition) is 2. The van der Waals surface area contributed by atoms with Crippen molar-refractivity contribution in [3.05, 3.63) is 42.0 Å². The molecule has 22 heavy (non-hydrogen) atoms. The third kappa shape index (κ3) is 4.45. The van der Waals surface area contributed by atoms with Gasteiger partial charge >= 0.3 is 5.97 Å². The molecular weight excluding hydrogens is 278 g/mol. The number of amides is 1. The largest absolute Gasteiger partial charge is 0.481 e. The first kappa shape index (κ1) is 16.3. The Morgan fingerprint density at radius 2 is 1.73 bits per heavy atom. The number of aliphatic carboxylic acids is 1. The number of hydrogen-bond donors (Lipinski definition) is 1. The third-order valence-corrected chi connectivity index (χ3v) is 4.29. The summed E-state index contributed by atoms with van der Waals surface area (Å²) in [7, 11) is 1.81. The second-order valence-corrected chi connectivity index (χ2v) is 5.92. The zero-order valence-electron chi connectivity index (χ0n) is 12.9. The molecule has 4 nitrogen and oxygen atoms in total. The molecule has 1 fully saturated rings. The van der Waals surface area contributed by atoms with Gasteiger partial charge in [0, 0.05) is 19.5 Å². The van der Waals surface area contributed by atoms with Crippen LogP contribution < -0.4 is 0 Å². The van der Waals surface area contributed by atoms with Crippen LogP contribution in [0.25, 0.3) is 6.08 Å². The summed E-state index contributed by atoms with van der Waals surface area (Å²) >= 11 is 0. The summed E-state index contributed by atoms with van der Waals surface area (Å²) < 4.78 is 0. The van der Waals surface area contributed by atoms with E-state index in [1.165, 1.54) is 0 Å². The molecule has 1 aliphatic rings. The maximum atomic E-state index is 12.4. The van der Waals surface area contributed by atoms with Gasteiger partial charge in [-0.05, 0) is 31.2 Å². The van der Waals surface area contributed by atoms with Crippen LogP contribution in [0.2, 0.25) is 0 Å². The Kier molecular flexibility index (Phi) is 5.75. The van der Waals surface area contributed by atoms with Crippen molar-refractivity contribution in [1.82, 2.24) is 4.90 Å². The lowest BCUT2D eigenvalue weighted by molar-refractivity contribution is -0.145. The second-order valence-electron chi connectivity index (χ2n) is 5.92. The van der Waals surface area contributed by atoms with Crippen molar-refractivity contribution in [2.75, 3.05) is 13.6 Å². The van der Waals surface area contributed by atoms with Gasteiger partial charge in [0.2, 0.25) is 5.91 Å². The fourth-order valence-electron chi connectivity index (χ4n) is 2.90. The molecule has 0 aromatic heterocycles. The Bertz CT molecular complexity index is 531. The van der Waals surface area contributed by atoms with Crippen molar-refractivity contribution in [2.45, 2.75) is 25.7 Å². The Labute approximate surface area is 131 Å². The number of rotatable bonds is 5. The van der Waals surface area contributed by atoms with E-state index in [9.17, 15) is 9.59 Å². The van der Waals surface area contributed by atoms with Crippen LogP contribution in [0.3, 0.4) is 0 Å². The second kappa shape index (κ2) is 7.78. The molecule has 1 aliphatic carbocycles. The van der Waals surface area contributed by atoms with Gasteiger partial charge in [-0.3, -0.25) is 9.59 Å². The summed E-state index contributed by atoms with van der Waals surface area (Å²) in [5.41, 5.74) is 1.12. The predicted octanol–water partition coefficient (Wildman–Crippen LogP) is 3.05. The summed E-state index contributed by atoms with van der Waals surface area (Å²) in [5.74, 6) is -0.898. The van der Waals surface area contributed by atoms with E-state index in [-0.39, 0.29) is 17.7 Å². The van der Waals surface area contributed by atoms with E-state index in [1.54, 1.807) is 11.9 Å². The van der Waals surface area contributed by atoms with Crippen molar-refractivity contribution in [2.24, 2.45) is 11.8 Å². The normalized spacial score (nSPS) is 21.7. The maximum absolute atomic E-state index is 12.4. The van der Waals surface area contributed by atoms with Gasteiger partial charge in [-0.2, -0.15) is 0 Å². The Balaban J connectivity index is 1.80. The van der Waals surface area contributed by atoms with Crippen LogP contribution in [0.15, 0.2) is 36.4 Å². The molecule has 1 saturated carbocycles. The highest BCUT2D eigenvalue weighted by Crippen LogP contribution is 2.30. The van der Waals surface area contributed by atoms with E-state index in [1.807, 2.05) is 42.5 Å². The summed E-state index contributed by atoms with van der Waals surface area (Å²) in [5, 5.41) is 8.99. The van der Waals surface area contributed by atoms with Crippen LogP contribution in [0, 0.1) is 11.8 Å². The molecule has 1 aromatic carbocycles. The molecule has 0 saturated heterocycles. The smallest absolute Gasteiger partial charge is 0.306 e. The van der Waals surface area contributed by atoms with Gasteiger partial charge in [0.05, 0.1) is 5.92 Å². The first-order valence-electron chi connectivity index (χ1n) is 7.77. The molecule has 0 bridgehead atoms. The van der Waals surface area contributed by atoms with Crippen molar-refractivity contribution in [1.29, 1.82) is 0 Å². The molecule has 0 heterocycles. The predicted molar refractivity (Wildman–Crippen MR) is 86.2 cm³/mol. The fourth-order valence-corrected chi connectivity index (χ4v) is 2.90. The molecule has 0 spiro atoms. The van der Waals surface area contributed by atoms with Crippen LogP contribution in [-0.2, 0) is 9.59 Å². The molecule has 1 amide bonds. The molecule has 4 heteroatoms. The van der Waals surface area contributed by atoms with Gasteiger partial charge < -0.3 is 10.0 Å². The molecule has 0 unspecified atom stereocenters. The van der Waals surface area contributed by atoms with Gasteiger partial charge in [0.15, 0.2) is 0 Å². The lowest BCUT2D eigenvalue weighted by Crippen LogP contribution is -2.36. The first-order chi connectivity index (χ1) is 10.6. The minimum atomic E-state index is -0.731. The quantitative estimate of drug-likeness (QED) is 0.909. The molecule has 2 rings (SSSR count). The number of carbonyl (C=O) groups is 2. The molecular formula is C18H23NO3. The summed E-state index contributed by atoms with van der Waals surface area (Å²) in [6.45, 7) is 0.576. The number of likely N-dealkylation sites (N-methyl/N-ethyl adjacent to an activating group) is 1. The van der Waals surface area contributed by atoms with E-state index >= 15 is 0 Å². The number of carboxylic acid groups (broad SMARTS) is 1. The van der Waals surface area contributed by atoms with E-state index in [4.69, 9.17) is 5.11 Å². The van der Waals surface area contributed by atoms with Gasteiger partial charge in [-0.1, -0.05) is 42.5 Å². The standard InChI is InChI=1S/C18H23NO3/c1-19(13-5-8-14-6-3-2-4-7-14)17(20)15-9-11-16(12-10-15)18(21)22/h2-8,15-16H,9-13H2,1H3,(H,21,22)/b8-5+. The molecule has 0 aliphatic heterocycles. The van der Waals surface area contributed by atoms with E-state index in [0.29, 0.717) is 32.2 Å². The highest BCUT2D eigenvalue weighted by Gasteiger charge is 2.30. The zero-order chi connectivity index (χ0) is 15.9. The van der Waals surface area contributed by atoms with Crippen molar-refractivity contribution in [3.8, 4) is 0 Å². The first-order valence-corrected chi connectivity index (χ1v) is 7.77. The van der Waals surface area contributed by atoms with Crippen molar-refractivity contribution >= 4 is 18.0 Å². The summed E-state index contributed by atoms with van der Waals surface area (Å²) in [6, 6.07) is 9.97. The number of carboxylic acids is 1. The van der Waals surface area contributed by atoms with E-state index in [2.05, 4.69) is 0 Å². The number of carbonyl (C=O) groups excluding carboxylic acids is 1. The summed E-state index contributed by atoms with van der Waals surface area (Å²) in [4.78, 5) is 25.0. The molecule has 1 aromatic rings. The molecule has 1 N–H and O–H groups in total. The maximum Gasteiger partial charge on any atom is 0.306 e. The van der Waals surface area contributed by atoms with Crippen LogP contribution >= 0.6 is 0 Å². The minimum Gasteiger partial charge on any atom is -0.481 e. The zero-order valence-corrected chi connectivity index (χ0v) is 12.9. The monoisotopic (exact) mass is 301 g/mol. The molecule has 0 atom stereocenters.